The van der Waals surface area contributed by atoms with E-state index < -0.39 is 0 Å². The van der Waals surface area contributed by atoms with Gasteiger partial charge in [-0.15, -0.1) is 0 Å². The Morgan fingerprint density at radius 1 is 1.42 bits per heavy atom. The molecule has 0 atom stereocenters. The number of amides is 1. The highest BCUT2D eigenvalue weighted by Gasteiger charge is 2.22. The number of rotatable bonds is 3. The van der Waals surface area contributed by atoms with E-state index in [-0.39, 0.29) is 11.9 Å². The van der Waals surface area contributed by atoms with Crippen LogP contribution in [-0.2, 0) is 0 Å². The van der Waals surface area contributed by atoms with Crippen molar-refractivity contribution in [1.29, 1.82) is 0 Å². The summed E-state index contributed by atoms with van der Waals surface area (Å²) in [5.41, 5.74) is 6.56. The van der Waals surface area contributed by atoms with Gasteiger partial charge in [0.15, 0.2) is 0 Å². The first-order chi connectivity index (χ1) is 9.06. The highest BCUT2D eigenvalue weighted by molar-refractivity contribution is 5.92. The molecular formula is C14H22N4O. The summed E-state index contributed by atoms with van der Waals surface area (Å²) in [6.07, 6.45) is 3.51. The number of carbonyl (C=O) groups is 1. The second-order valence-electron chi connectivity index (χ2n) is 5.35. The fourth-order valence-electron chi connectivity index (χ4n) is 2.36. The quantitative estimate of drug-likeness (QED) is 0.860. The van der Waals surface area contributed by atoms with Crippen molar-refractivity contribution in [2.45, 2.75) is 38.8 Å². The van der Waals surface area contributed by atoms with Crippen LogP contribution in [0.2, 0.25) is 0 Å². The van der Waals surface area contributed by atoms with Crippen LogP contribution in [0.4, 0.5) is 5.69 Å². The zero-order chi connectivity index (χ0) is 13.8. The predicted octanol–water partition coefficient (Wildman–Crippen LogP) is 1.27. The molecule has 0 bridgehead atoms. The largest absolute Gasteiger partial charge is 0.397 e. The summed E-state index contributed by atoms with van der Waals surface area (Å²) in [4.78, 5) is 18.5. The van der Waals surface area contributed by atoms with E-state index in [4.69, 9.17) is 5.73 Å². The molecule has 0 spiro atoms. The van der Waals surface area contributed by atoms with E-state index in [1.807, 2.05) is 0 Å². The molecule has 1 aromatic rings. The van der Waals surface area contributed by atoms with Gasteiger partial charge in [0.1, 0.15) is 5.69 Å². The van der Waals surface area contributed by atoms with Gasteiger partial charge in [-0.1, -0.05) is 0 Å². The van der Waals surface area contributed by atoms with Crippen LogP contribution in [-0.4, -0.2) is 41.0 Å². The van der Waals surface area contributed by atoms with E-state index in [1.165, 1.54) is 6.20 Å². The van der Waals surface area contributed by atoms with Crippen molar-refractivity contribution in [1.82, 2.24) is 15.2 Å². The molecule has 1 aromatic heterocycles. The van der Waals surface area contributed by atoms with Gasteiger partial charge in [-0.2, -0.15) is 0 Å². The lowest BCUT2D eigenvalue weighted by Crippen LogP contribution is -2.46. The molecule has 1 aliphatic rings. The molecule has 0 aliphatic carbocycles. The Morgan fingerprint density at radius 2 is 2.11 bits per heavy atom. The van der Waals surface area contributed by atoms with E-state index in [2.05, 4.69) is 29.0 Å². The van der Waals surface area contributed by atoms with Gasteiger partial charge >= 0.3 is 0 Å². The van der Waals surface area contributed by atoms with Crippen molar-refractivity contribution in [2.24, 2.45) is 0 Å². The minimum atomic E-state index is -0.108. The van der Waals surface area contributed by atoms with Gasteiger partial charge in [0, 0.05) is 25.2 Å². The molecule has 104 valence electrons. The van der Waals surface area contributed by atoms with Crippen LogP contribution >= 0.6 is 0 Å². The maximum absolute atomic E-state index is 12.0. The number of aromatic nitrogens is 1. The van der Waals surface area contributed by atoms with E-state index >= 15 is 0 Å². The van der Waals surface area contributed by atoms with Gasteiger partial charge < -0.3 is 16.0 Å². The number of carbonyl (C=O) groups excluding carboxylic acids is 1. The van der Waals surface area contributed by atoms with E-state index in [9.17, 15) is 4.79 Å². The van der Waals surface area contributed by atoms with Gasteiger partial charge in [-0.3, -0.25) is 4.79 Å². The second kappa shape index (κ2) is 6.02. The molecule has 1 fully saturated rings. The summed E-state index contributed by atoms with van der Waals surface area (Å²) in [5.74, 6) is -0.108. The number of nitrogens with one attached hydrogen (secondary N) is 1. The van der Waals surface area contributed by atoms with Crippen molar-refractivity contribution >= 4 is 11.6 Å². The number of piperidine rings is 1. The average Bonchev–Trinajstić information content (AvgIpc) is 2.40. The first-order valence-corrected chi connectivity index (χ1v) is 6.82. The Kier molecular flexibility index (Phi) is 4.37. The third kappa shape index (κ3) is 3.67. The van der Waals surface area contributed by atoms with Crippen LogP contribution < -0.4 is 11.1 Å². The van der Waals surface area contributed by atoms with Crippen LogP contribution in [0.25, 0.3) is 0 Å². The standard InChI is InChI=1S/C14H22N4O/c1-10(2)18-7-5-12(6-8-18)17-14(19)13-4-3-11(15)9-16-13/h3-4,9-10,12H,5-8,15H2,1-2H3,(H,17,19). The van der Waals surface area contributed by atoms with Crippen LogP contribution in [0.15, 0.2) is 18.3 Å². The Morgan fingerprint density at radius 3 is 2.63 bits per heavy atom. The Labute approximate surface area is 114 Å². The zero-order valence-corrected chi connectivity index (χ0v) is 11.6. The number of pyridine rings is 1. The van der Waals surface area contributed by atoms with E-state index in [1.54, 1.807) is 12.1 Å². The number of nitrogens with two attached hydrogens (primary N) is 1. The molecule has 0 aromatic carbocycles. The topological polar surface area (TPSA) is 71.2 Å². The third-order valence-corrected chi connectivity index (χ3v) is 3.61. The lowest BCUT2D eigenvalue weighted by atomic mass is 10.0. The molecule has 5 nitrogen and oxygen atoms in total. The van der Waals surface area contributed by atoms with Crippen molar-refractivity contribution in [3.05, 3.63) is 24.0 Å². The molecular weight excluding hydrogens is 240 g/mol. The minimum Gasteiger partial charge on any atom is -0.397 e. The number of nitrogens with zero attached hydrogens (tertiary/aromatic N) is 2. The number of hydrogen-bond donors (Lipinski definition) is 2. The predicted molar refractivity (Wildman–Crippen MR) is 75.8 cm³/mol. The van der Waals surface area contributed by atoms with Crippen LogP contribution in [0.1, 0.15) is 37.2 Å². The van der Waals surface area contributed by atoms with Gasteiger partial charge in [-0.05, 0) is 38.8 Å². The minimum absolute atomic E-state index is 0.108. The number of anilines is 1. The molecule has 1 saturated heterocycles. The highest BCUT2D eigenvalue weighted by Crippen LogP contribution is 2.13. The SMILES string of the molecule is CC(C)N1CCC(NC(=O)c2ccc(N)cn2)CC1. The second-order valence-corrected chi connectivity index (χ2v) is 5.35. The van der Waals surface area contributed by atoms with Gasteiger partial charge in [0.05, 0.1) is 11.9 Å². The molecule has 0 saturated carbocycles. The highest BCUT2D eigenvalue weighted by atomic mass is 16.1. The van der Waals surface area contributed by atoms with Crippen LogP contribution in [0.5, 0.6) is 0 Å². The summed E-state index contributed by atoms with van der Waals surface area (Å²) in [7, 11) is 0. The summed E-state index contributed by atoms with van der Waals surface area (Å²) in [6.45, 7) is 6.49. The summed E-state index contributed by atoms with van der Waals surface area (Å²) < 4.78 is 0. The monoisotopic (exact) mass is 262 g/mol. The van der Waals surface area contributed by atoms with Gasteiger partial charge in [0.25, 0.3) is 5.91 Å². The van der Waals surface area contributed by atoms with Gasteiger partial charge in [-0.25, -0.2) is 4.98 Å². The first kappa shape index (κ1) is 13.8. The Hall–Kier alpha value is -1.62. The van der Waals surface area contributed by atoms with E-state index in [0.29, 0.717) is 17.4 Å². The molecule has 1 amide bonds. The van der Waals surface area contributed by atoms with E-state index in [0.717, 1.165) is 25.9 Å². The Bertz CT molecular complexity index is 422. The average molecular weight is 262 g/mol. The van der Waals surface area contributed by atoms with Crippen molar-refractivity contribution in [3.8, 4) is 0 Å². The molecule has 19 heavy (non-hydrogen) atoms. The maximum Gasteiger partial charge on any atom is 0.270 e. The molecule has 5 heteroatoms. The van der Waals surface area contributed by atoms with Crippen molar-refractivity contribution < 1.29 is 4.79 Å². The first-order valence-electron chi connectivity index (χ1n) is 6.82. The number of hydrogen-bond acceptors (Lipinski definition) is 4. The lowest BCUT2D eigenvalue weighted by Gasteiger charge is -2.34. The summed E-state index contributed by atoms with van der Waals surface area (Å²) >= 11 is 0. The summed E-state index contributed by atoms with van der Waals surface area (Å²) in [6, 6.07) is 4.19. The normalized spacial score (nSPS) is 17.6. The number of nitrogen functional groups attached to an aromatic ring is 1. The van der Waals surface area contributed by atoms with Gasteiger partial charge in [0.2, 0.25) is 0 Å². The number of likely N-dealkylation sites (tertiary alicyclic amines) is 1. The smallest absolute Gasteiger partial charge is 0.270 e. The zero-order valence-electron chi connectivity index (χ0n) is 11.6. The fraction of sp³-hybridized carbons (Fsp3) is 0.571. The molecule has 2 rings (SSSR count). The molecule has 1 aliphatic heterocycles. The molecule has 0 radical (unpaired) electrons. The van der Waals surface area contributed by atoms with Crippen LogP contribution in [0, 0.1) is 0 Å². The van der Waals surface area contributed by atoms with Crippen molar-refractivity contribution in [3.63, 3.8) is 0 Å². The summed E-state index contributed by atoms with van der Waals surface area (Å²) in [5, 5.41) is 3.05. The third-order valence-electron chi connectivity index (χ3n) is 3.61. The molecule has 2 heterocycles. The molecule has 3 N–H and O–H groups in total. The lowest BCUT2D eigenvalue weighted by molar-refractivity contribution is 0.0896. The maximum atomic E-state index is 12.0. The van der Waals surface area contributed by atoms with Crippen LogP contribution in [0.3, 0.4) is 0 Å². The Balaban J connectivity index is 1.85. The fourth-order valence-corrected chi connectivity index (χ4v) is 2.36. The molecule has 0 unspecified atom stereocenters. The van der Waals surface area contributed by atoms with Crippen molar-refractivity contribution in [2.75, 3.05) is 18.8 Å².